The van der Waals surface area contributed by atoms with Gasteiger partial charge in [-0.05, 0) is 31.6 Å². The number of guanidine groups is 1. The topological polar surface area (TPSA) is 121 Å². The standard InChI is InChI=1S/C20H40N6O2S/c1-22-20(23-2)25-11-7-10-17(21)19(28)24-12-13-29-15-18(27)26-14-16-8-5-3-4-6-9-16/h16-17H,3-15,21H2,1-2H3,(H,24,28)(H,26,27)(H2,22,23,25). The van der Waals surface area contributed by atoms with Gasteiger partial charge in [-0.1, -0.05) is 25.7 Å². The van der Waals surface area contributed by atoms with Gasteiger partial charge in [0.1, 0.15) is 0 Å². The molecule has 1 unspecified atom stereocenters. The van der Waals surface area contributed by atoms with Crippen molar-refractivity contribution in [3.63, 3.8) is 0 Å². The molecular weight excluding hydrogens is 388 g/mol. The molecule has 8 nitrogen and oxygen atoms in total. The van der Waals surface area contributed by atoms with Gasteiger partial charge >= 0.3 is 0 Å². The lowest BCUT2D eigenvalue weighted by molar-refractivity contribution is -0.122. The van der Waals surface area contributed by atoms with Crippen LogP contribution in [-0.2, 0) is 9.59 Å². The second-order valence-electron chi connectivity index (χ2n) is 7.50. The molecule has 0 spiro atoms. The van der Waals surface area contributed by atoms with E-state index < -0.39 is 6.04 Å². The normalized spacial score (nSPS) is 16.6. The molecular formula is C20H40N6O2S. The highest BCUT2D eigenvalue weighted by Crippen LogP contribution is 2.22. The molecule has 1 rings (SSSR count). The van der Waals surface area contributed by atoms with Gasteiger partial charge in [0.05, 0.1) is 11.8 Å². The summed E-state index contributed by atoms with van der Waals surface area (Å²) in [7, 11) is 3.51. The van der Waals surface area contributed by atoms with Crippen LogP contribution in [0.15, 0.2) is 4.99 Å². The number of aliphatic imine (C=N–C) groups is 1. The van der Waals surface area contributed by atoms with Crippen molar-refractivity contribution in [1.29, 1.82) is 0 Å². The molecule has 0 aliphatic heterocycles. The average Bonchev–Trinajstić information content (AvgIpc) is 3.00. The Kier molecular flexibility index (Phi) is 14.4. The van der Waals surface area contributed by atoms with Gasteiger partial charge in [-0.25, -0.2) is 0 Å². The Hall–Kier alpha value is -1.48. The second kappa shape index (κ2) is 16.3. The maximum Gasteiger partial charge on any atom is 0.236 e. The number of nitrogens with zero attached hydrogens (tertiary/aromatic N) is 1. The summed E-state index contributed by atoms with van der Waals surface area (Å²) < 4.78 is 0. The minimum Gasteiger partial charge on any atom is -0.359 e. The van der Waals surface area contributed by atoms with E-state index in [9.17, 15) is 9.59 Å². The van der Waals surface area contributed by atoms with Gasteiger partial charge in [-0.2, -0.15) is 11.8 Å². The fourth-order valence-corrected chi connectivity index (χ4v) is 4.04. The molecule has 1 aliphatic carbocycles. The van der Waals surface area contributed by atoms with Crippen molar-refractivity contribution < 1.29 is 9.59 Å². The summed E-state index contributed by atoms with van der Waals surface area (Å²) in [6, 6.07) is -0.513. The highest BCUT2D eigenvalue weighted by atomic mass is 32.2. The second-order valence-corrected chi connectivity index (χ2v) is 8.61. The Bertz CT molecular complexity index is 495. The van der Waals surface area contributed by atoms with Crippen molar-refractivity contribution in [2.75, 3.05) is 45.2 Å². The van der Waals surface area contributed by atoms with Crippen molar-refractivity contribution in [3.8, 4) is 0 Å². The molecule has 9 heteroatoms. The minimum absolute atomic E-state index is 0.0892. The molecule has 0 heterocycles. The zero-order valence-electron chi connectivity index (χ0n) is 18.1. The number of carbonyl (C=O) groups is 2. The number of hydrogen-bond donors (Lipinski definition) is 5. The van der Waals surface area contributed by atoms with Crippen molar-refractivity contribution >= 4 is 29.5 Å². The predicted octanol–water partition coefficient (Wildman–Crippen LogP) is 0.825. The monoisotopic (exact) mass is 428 g/mol. The third-order valence-corrected chi connectivity index (χ3v) is 6.08. The maximum absolute atomic E-state index is 12.0. The van der Waals surface area contributed by atoms with E-state index in [0.29, 0.717) is 36.9 Å². The summed E-state index contributed by atoms with van der Waals surface area (Å²) in [5.74, 6) is 2.45. The number of nitrogens with two attached hydrogens (primary N) is 1. The number of thioether (sulfide) groups is 1. The first-order chi connectivity index (χ1) is 14.1. The Balaban J connectivity index is 2.00. The molecule has 0 radical (unpaired) electrons. The molecule has 0 saturated heterocycles. The number of carbonyl (C=O) groups excluding carboxylic acids is 2. The van der Waals surface area contributed by atoms with Crippen LogP contribution < -0.4 is 27.0 Å². The fraction of sp³-hybridized carbons (Fsp3) is 0.850. The van der Waals surface area contributed by atoms with E-state index in [-0.39, 0.29) is 11.8 Å². The molecule has 0 aromatic heterocycles. The first kappa shape index (κ1) is 25.6. The molecule has 0 aromatic carbocycles. The first-order valence-corrected chi connectivity index (χ1v) is 12.0. The van der Waals surface area contributed by atoms with Crippen LogP contribution in [0.1, 0.15) is 51.4 Å². The van der Waals surface area contributed by atoms with E-state index >= 15 is 0 Å². The molecule has 6 N–H and O–H groups in total. The predicted molar refractivity (Wildman–Crippen MR) is 122 cm³/mol. The van der Waals surface area contributed by atoms with Crippen LogP contribution in [0.3, 0.4) is 0 Å². The van der Waals surface area contributed by atoms with Gasteiger partial charge in [-0.3, -0.25) is 14.6 Å². The van der Waals surface area contributed by atoms with E-state index in [1.54, 1.807) is 14.1 Å². The number of nitrogens with one attached hydrogen (secondary N) is 4. The van der Waals surface area contributed by atoms with Gasteiger partial charge in [0.2, 0.25) is 11.8 Å². The Morgan fingerprint density at radius 2 is 1.83 bits per heavy atom. The van der Waals surface area contributed by atoms with Crippen LogP contribution in [0.5, 0.6) is 0 Å². The van der Waals surface area contributed by atoms with Crippen LogP contribution in [-0.4, -0.2) is 69.1 Å². The summed E-state index contributed by atoms with van der Waals surface area (Å²) in [6.07, 6.45) is 9.10. The van der Waals surface area contributed by atoms with Crippen molar-refractivity contribution in [1.82, 2.24) is 21.3 Å². The van der Waals surface area contributed by atoms with E-state index in [1.165, 1.54) is 50.3 Å². The summed E-state index contributed by atoms with van der Waals surface area (Å²) >= 11 is 1.54. The van der Waals surface area contributed by atoms with E-state index in [1.807, 2.05) is 0 Å². The van der Waals surface area contributed by atoms with Gasteiger partial charge in [0.25, 0.3) is 0 Å². The minimum atomic E-state index is -0.513. The van der Waals surface area contributed by atoms with E-state index in [0.717, 1.165) is 18.9 Å². The molecule has 0 aromatic rings. The molecule has 29 heavy (non-hydrogen) atoms. The fourth-order valence-electron chi connectivity index (χ4n) is 3.36. The summed E-state index contributed by atoms with van der Waals surface area (Å²) in [5, 5.41) is 12.0. The van der Waals surface area contributed by atoms with Gasteiger partial charge in [0, 0.05) is 39.5 Å². The van der Waals surface area contributed by atoms with Crippen LogP contribution in [0, 0.1) is 5.92 Å². The first-order valence-electron chi connectivity index (χ1n) is 10.8. The maximum atomic E-state index is 12.0. The Morgan fingerprint density at radius 1 is 1.10 bits per heavy atom. The van der Waals surface area contributed by atoms with Gasteiger partial charge in [0.15, 0.2) is 5.96 Å². The number of rotatable bonds is 12. The largest absolute Gasteiger partial charge is 0.359 e. The highest BCUT2D eigenvalue weighted by molar-refractivity contribution is 7.99. The van der Waals surface area contributed by atoms with E-state index in [4.69, 9.17) is 5.73 Å². The molecule has 1 saturated carbocycles. The third-order valence-electron chi connectivity index (χ3n) is 5.12. The molecule has 2 amide bonds. The lowest BCUT2D eigenvalue weighted by atomic mass is 10.0. The summed E-state index contributed by atoms with van der Waals surface area (Å²) in [4.78, 5) is 28.0. The number of amides is 2. The highest BCUT2D eigenvalue weighted by Gasteiger charge is 2.14. The molecule has 0 bridgehead atoms. The lowest BCUT2D eigenvalue weighted by Crippen LogP contribution is -2.42. The Morgan fingerprint density at radius 3 is 2.48 bits per heavy atom. The van der Waals surface area contributed by atoms with Crippen LogP contribution >= 0.6 is 11.8 Å². The average molecular weight is 429 g/mol. The van der Waals surface area contributed by atoms with Crippen molar-refractivity contribution in [3.05, 3.63) is 0 Å². The van der Waals surface area contributed by atoms with Crippen LogP contribution in [0.25, 0.3) is 0 Å². The summed E-state index contributed by atoms with van der Waals surface area (Å²) in [6.45, 7) is 2.04. The van der Waals surface area contributed by atoms with Crippen LogP contribution in [0.4, 0.5) is 0 Å². The molecule has 168 valence electrons. The molecule has 1 atom stereocenters. The van der Waals surface area contributed by atoms with Crippen LogP contribution in [0.2, 0.25) is 0 Å². The quantitative estimate of drug-likeness (QED) is 0.136. The zero-order valence-corrected chi connectivity index (χ0v) is 18.9. The smallest absolute Gasteiger partial charge is 0.236 e. The lowest BCUT2D eigenvalue weighted by Gasteiger charge is -2.15. The van der Waals surface area contributed by atoms with Crippen molar-refractivity contribution in [2.24, 2.45) is 16.6 Å². The third kappa shape index (κ3) is 12.6. The number of hydrogen-bond acceptors (Lipinski definition) is 5. The molecule has 1 aliphatic rings. The molecule has 1 fully saturated rings. The van der Waals surface area contributed by atoms with Gasteiger partial charge in [-0.15, -0.1) is 0 Å². The Labute approximate surface area is 180 Å². The summed E-state index contributed by atoms with van der Waals surface area (Å²) in [5.41, 5.74) is 5.93. The zero-order chi connectivity index (χ0) is 21.3. The van der Waals surface area contributed by atoms with Gasteiger partial charge < -0.3 is 27.0 Å². The van der Waals surface area contributed by atoms with E-state index in [2.05, 4.69) is 26.3 Å². The van der Waals surface area contributed by atoms with Crippen molar-refractivity contribution in [2.45, 2.75) is 57.4 Å². The SMILES string of the molecule is C/N=C(\NC)NCCCC(N)C(=O)NCCSCC(=O)NCC1CCCCCC1.